The average molecular weight is 475 g/mol. The summed E-state index contributed by atoms with van der Waals surface area (Å²) < 4.78 is 3.77. The van der Waals surface area contributed by atoms with E-state index >= 15 is 0 Å². The van der Waals surface area contributed by atoms with Gasteiger partial charge in [0.05, 0.1) is 29.0 Å². The highest BCUT2D eigenvalue weighted by Gasteiger charge is 2.52. The van der Waals surface area contributed by atoms with Crippen molar-refractivity contribution in [1.82, 2.24) is 14.1 Å². The number of benzene rings is 2. The zero-order chi connectivity index (χ0) is 23.7. The maximum atomic E-state index is 13.7. The molecule has 2 atom stereocenters. The fourth-order valence-corrected chi connectivity index (χ4v) is 5.81. The predicted octanol–water partition coefficient (Wildman–Crippen LogP) is 5.21. The molecular formula is C26H28N5O2S+. The molecule has 1 N–H and O–H groups in total. The van der Waals surface area contributed by atoms with Crippen molar-refractivity contribution in [2.24, 2.45) is 7.05 Å². The molecule has 1 aliphatic rings. The fourth-order valence-electron chi connectivity index (χ4n) is 4.87. The number of nitrogens with one attached hydrogen (secondary N) is 1. The minimum Gasteiger partial charge on any atom is -0.322 e. The minimum atomic E-state index is -0.264. The van der Waals surface area contributed by atoms with Crippen LogP contribution in [0.3, 0.4) is 0 Å². The molecular weight excluding hydrogens is 446 g/mol. The molecule has 34 heavy (non-hydrogen) atoms. The molecule has 5 rings (SSSR count). The summed E-state index contributed by atoms with van der Waals surface area (Å²) >= 11 is 1.40. The van der Waals surface area contributed by atoms with Crippen molar-refractivity contribution in [2.75, 3.05) is 17.6 Å². The third-order valence-corrected chi connectivity index (χ3v) is 7.81. The Morgan fingerprint density at radius 2 is 1.82 bits per heavy atom. The molecule has 2 aromatic heterocycles. The van der Waals surface area contributed by atoms with Crippen LogP contribution in [-0.4, -0.2) is 48.9 Å². The lowest BCUT2D eigenvalue weighted by molar-refractivity contribution is -0.781. The van der Waals surface area contributed by atoms with Crippen molar-refractivity contribution in [1.29, 1.82) is 0 Å². The Balaban J connectivity index is 1.39. The average Bonchev–Trinajstić information content (AvgIpc) is 3.58. The Labute approximate surface area is 203 Å². The number of para-hydroxylation sites is 4. The number of thioether (sulfide) groups is 1. The standard InChI is InChI=1S/C26H27N5O2S/c1-19-10-9-17-31(19,24(32)18-34-25-27-20-11-3-5-13-22(20)29(25)2)26(33)28-21-12-4-6-14-23(21)30-15-7-8-16-30/h3-8,11-16,19H,9-10,17-18H2,1-2H3/p+1/t19-,31?/m1/s1. The van der Waals surface area contributed by atoms with Crippen LogP contribution < -0.4 is 5.32 Å². The maximum absolute atomic E-state index is 13.7. The monoisotopic (exact) mass is 474 g/mol. The topological polar surface area (TPSA) is 68.9 Å². The van der Waals surface area contributed by atoms with Gasteiger partial charge in [0.25, 0.3) is 0 Å². The van der Waals surface area contributed by atoms with Gasteiger partial charge in [0.15, 0.2) is 5.16 Å². The Hall–Kier alpha value is -3.36. The summed E-state index contributed by atoms with van der Waals surface area (Å²) in [6, 6.07) is 19.1. The number of quaternary nitrogens is 1. The summed E-state index contributed by atoms with van der Waals surface area (Å²) in [6.07, 6.45) is 5.56. The third-order valence-electron chi connectivity index (χ3n) is 6.79. The number of carbonyl (C=O) groups excluding carboxylic acids is 2. The predicted molar refractivity (Wildman–Crippen MR) is 135 cm³/mol. The van der Waals surface area contributed by atoms with Crippen molar-refractivity contribution in [3.05, 3.63) is 73.1 Å². The molecule has 1 aliphatic heterocycles. The first-order chi connectivity index (χ1) is 16.5. The van der Waals surface area contributed by atoms with Gasteiger partial charge < -0.3 is 9.13 Å². The molecule has 0 aliphatic carbocycles. The smallest absolute Gasteiger partial charge is 0.322 e. The number of urea groups is 1. The molecule has 174 valence electrons. The van der Waals surface area contributed by atoms with E-state index in [2.05, 4.69) is 10.3 Å². The SMILES string of the molecule is C[C@@H]1CCC[N+]1(C(=O)CSc1nc2ccccc2n1C)C(=O)Nc1ccccc1-n1cccc1. The van der Waals surface area contributed by atoms with Gasteiger partial charge in [-0.2, -0.15) is 4.48 Å². The highest BCUT2D eigenvalue weighted by Crippen LogP contribution is 2.32. The van der Waals surface area contributed by atoms with Crippen LogP contribution in [0.4, 0.5) is 10.5 Å². The second kappa shape index (κ2) is 9.12. The van der Waals surface area contributed by atoms with E-state index in [4.69, 9.17) is 0 Å². The maximum Gasteiger partial charge on any atom is 0.428 e. The Morgan fingerprint density at radius 1 is 1.09 bits per heavy atom. The van der Waals surface area contributed by atoms with Crippen LogP contribution >= 0.6 is 11.8 Å². The van der Waals surface area contributed by atoms with Crippen LogP contribution in [0.15, 0.2) is 78.2 Å². The van der Waals surface area contributed by atoms with Crippen molar-refractivity contribution < 1.29 is 14.1 Å². The number of fused-ring (bicyclic) bond motifs is 1. The first kappa shape index (κ1) is 22.4. The molecule has 0 radical (unpaired) electrons. The molecule has 1 saturated heterocycles. The lowest BCUT2D eigenvalue weighted by atomic mass is 10.2. The Morgan fingerprint density at radius 3 is 2.56 bits per heavy atom. The van der Waals surface area contributed by atoms with Crippen molar-refractivity contribution in [2.45, 2.75) is 31.0 Å². The molecule has 7 nitrogen and oxygen atoms in total. The summed E-state index contributed by atoms with van der Waals surface area (Å²) in [6.45, 7) is 2.52. The number of imide groups is 1. The third kappa shape index (κ3) is 3.82. The molecule has 8 heteroatoms. The van der Waals surface area contributed by atoms with Crippen LogP contribution in [-0.2, 0) is 11.8 Å². The number of hydrogen-bond acceptors (Lipinski definition) is 4. The molecule has 0 spiro atoms. The van der Waals surface area contributed by atoms with Crippen LogP contribution in [0.25, 0.3) is 16.7 Å². The number of anilines is 1. The van der Waals surface area contributed by atoms with Gasteiger partial charge >= 0.3 is 11.9 Å². The molecule has 1 unspecified atom stereocenters. The van der Waals surface area contributed by atoms with Gasteiger partial charge in [0.2, 0.25) is 0 Å². The van der Waals surface area contributed by atoms with Crippen molar-refractivity contribution >= 4 is 40.4 Å². The van der Waals surface area contributed by atoms with E-state index in [0.717, 1.165) is 34.7 Å². The highest BCUT2D eigenvalue weighted by molar-refractivity contribution is 7.99. The van der Waals surface area contributed by atoms with Gasteiger partial charge in [-0.25, -0.2) is 14.6 Å². The number of aryl methyl sites for hydroxylation is 1. The van der Waals surface area contributed by atoms with E-state index in [9.17, 15) is 9.59 Å². The fraction of sp³-hybridized carbons (Fsp3) is 0.269. The zero-order valence-electron chi connectivity index (χ0n) is 19.3. The number of rotatable bonds is 5. The van der Waals surface area contributed by atoms with Crippen LogP contribution in [0.1, 0.15) is 19.8 Å². The molecule has 0 bridgehead atoms. The number of likely N-dealkylation sites (tertiary alicyclic amines) is 1. The number of aromatic nitrogens is 3. The van der Waals surface area contributed by atoms with E-state index in [1.165, 1.54) is 11.8 Å². The number of carbonyl (C=O) groups is 2. The molecule has 0 saturated carbocycles. The van der Waals surface area contributed by atoms with Gasteiger partial charge in [0.1, 0.15) is 11.8 Å². The van der Waals surface area contributed by atoms with Gasteiger partial charge in [-0.05, 0) is 43.3 Å². The molecule has 3 heterocycles. The minimum absolute atomic E-state index is 0.0766. The molecule has 4 aromatic rings. The van der Waals surface area contributed by atoms with Crippen LogP contribution in [0, 0.1) is 0 Å². The second-order valence-electron chi connectivity index (χ2n) is 8.75. The van der Waals surface area contributed by atoms with Gasteiger partial charge in [0, 0.05) is 32.3 Å². The normalized spacial score (nSPS) is 20.0. The van der Waals surface area contributed by atoms with Gasteiger partial charge in [-0.1, -0.05) is 36.0 Å². The van der Waals surface area contributed by atoms with E-state index in [0.29, 0.717) is 12.2 Å². The lowest BCUT2D eigenvalue weighted by Crippen LogP contribution is -2.61. The summed E-state index contributed by atoms with van der Waals surface area (Å²) in [5.41, 5.74) is 3.48. The van der Waals surface area contributed by atoms with Crippen LogP contribution in [0.5, 0.6) is 0 Å². The van der Waals surface area contributed by atoms with Gasteiger partial charge in [-0.15, -0.1) is 0 Å². The number of hydrogen-bond donors (Lipinski definition) is 1. The molecule has 2 aromatic carbocycles. The second-order valence-corrected chi connectivity index (χ2v) is 9.69. The van der Waals surface area contributed by atoms with E-state index in [1.54, 1.807) is 0 Å². The van der Waals surface area contributed by atoms with Crippen molar-refractivity contribution in [3.63, 3.8) is 0 Å². The van der Waals surface area contributed by atoms with Gasteiger partial charge in [-0.3, -0.25) is 5.32 Å². The van der Waals surface area contributed by atoms with E-state index in [1.807, 2.05) is 96.2 Å². The Bertz CT molecular complexity index is 1350. The highest BCUT2D eigenvalue weighted by atomic mass is 32.2. The molecule has 3 amide bonds. The first-order valence-electron chi connectivity index (χ1n) is 11.5. The quantitative estimate of drug-likeness (QED) is 0.318. The summed E-state index contributed by atoms with van der Waals surface area (Å²) in [4.78, 5) is 32.1. The summed E-state index contributed by atoms with van der Waals surface area (Å²) in [7, 11) is 1.95. The Kier molecular flexibility index (Phi) is 6.02. The number of nitrogens with zero attached hydrogens (tertiary/aromatic N) is 4. The number of imidazole rings is 1. The van der Waals surface area contributed by atoms with Crippen LogP contribution in [0.2, 0.25) is 0 Å². The van der Waals surface area contributed by atoms with Crippen molar-refractivity contribution in [3.8, 4) is 5.69 Å². The zero-order valence-corrected chi connectivity index (χ0v) is 20.2. The summed E-state index contributed by atoms with van der Waals surface area (Å²) in [5, 5.41) is 3.86. The largest absolute Gasteiger partial charge is 0.428 e. The molecule has 1 fully saturated rings. The van der Waals surface area contributed by atoms with E-state index < -0.39 is 0 Å². The van der Waals surface area contributed by atoms with E-state index in [-0.39, 0.29) is 28.2 Å². The lowest BCUT2D eigenvalue weighted by Gasteiger charge is -2.33. The number of amides is 3. The summed E-state index contributed by atoms with van der Waals surface area (Å²) in [5.74, 6) is 0.103. The first-order valence-corrected chi connectivity index (χ1v) is 12.5.